The van der Waals surface area contributed by atoms with Crippen LogP contribution in [0.5, 0.6) is 0 Å². The molecule has 4 atom stereocenters. The molecule has 0 spiro atoms. The number of aromatic nitrogens is 2. The number of hydrogen-bond donors (Lipinski definition) is 5. The number of carbonyl (C=O) groups excluding carboxylic acids is 6. The summed E-state index contributed by atoms with van der Waals surface area (Å²) in [4.78, 5) is 94.5. The molecule has 6 amide bonds. The lowest BCUT2D eigenvalue weighted by molar-refractivity contribution is -0.137. The number of fused-ring (bicyclic) bond motifs is 5. The highest BCUT2D eigenvalue weighted by molar-refractivity contribution is 6.12. The van der Waals surface area contributed by atoms with E-state index in [1.54, 1.807) is 38.3 Å². The van der Waals surface area contributed by atoms with Crippen LogP contribution in [0.3, 0.4) is 0 Å². The van der Waals surface area contributed by atoms with Gasteiger partial charge in [0.05, 0.1) is 29.0 Å². The van der Waals surface area contributed by atoms with Crippen molar-refractivity contribution >= 4 is 46.3 Å². The molecule has 66 heavy (non-hydrogen) atoms. The summed E-state index contributed by atoms with van der Waals surface area (Å²) in [6, 6.07) is 2.26. The Morgan fingerprint density at radius 2 is 1.65 bits per heavy atom. The Balaban J connectivity index is 0.927. The summed E-state index contributed by atoms with van der Waals surface area (Å²) >= 11 is 0. The molecule has 0 saturated heterocycles. The van der Waals surface area contributed by atoms with E-state index in [9.17, 15) is 38.7 Å². The number of pyridine rings is 2. The van der Waals surface area contributed by atoms with Gasteiger partial charge < -0.3 is 40.4 Å². The molecule has 3 aliphatic rings. The van der Waals surface area contributed by atoms with Crippen LogP contribution >= 0.6 is 0 Å². The van der Waals surface area contributed by atoms with Gasteiger partial charge in [0.2, 0.25) is 23.6 Å². The Bertz CT molecular complexity index is 2520. The van der Waals surface area contributed by atoms with Gasteiger partial charge >= 0.3 is 0 Å². The van der Waals surface area contributed by atoms with Crippen molar-refractivity contribution in [1.29, 1.82) is 0 Å². The van der Waals surface area contributed by atoms with Crippen LogP contribution in [0, 0.1) is 18.7 Å². The normalized spacial score (nSPS) is 17.5. The number of carbonyl (C=O) groups is 6. The lowest BCUT2D eigenvalue weighted by Gasteiger charge is -2.35. The lowest BCUT2D eigenvalue weighted by atomic mass is 9.84. The van der Waals surface area contributed by atoms with Crippen LogP contribution < -0.4 is 26.8 Å². The van der Waals surface area contributed by atoms with Crippen molar-refractivity contribution in [3.63, 3.8) is 0 Å². The minimum atomic E-state index is -1.51. The molecule has 5 N–H and O–H groups in total. The number of rotatable bonds is 21. The summed E-state index contributed by atoms with van der Waals surface area (Å²) in [5.41, 5.74) is 2.73. The minimum absolute atomic E-state index is 0.0108. The first-order chi connectivity index (χ1) is 31.4. The van der Waals surface area contributed by atoms with Gasteiger partial charge in [0.15, 0.2) is 0 Å². The van der Waals surface area contributed by atoms with Crippen molar-refractivity contribution < 1.29 is 47.7 Å². The summed E-state index contributed by atoms with van der Waals surface area (Å²) < 4.78 is 28.2. The van der Waals surface area contributed by atoms with Gasteiger partial charge in [0, 0.05) is 54.3 Å². The molecular weight excluding hydrogens is 854 g/mol. The molecule has 3 aliphatic heterocycles. The second-order valence-corrected chi connectivity index (χ2v) is 17.5. The minimum Gasteiger partial charge on any atom is -0.490 e. The third-order valence-corrected chi connectivity index (χ3v) is 12.6. The molecule has 0 saturated carbocycles. The highest BCUT2D eigenvalue weighted by Gasteiger charge is 2.41. The standard InChI is InChI=1S/C48H60FN7O10/c1-8-48(64)30(7)66-24-34-35(48)21-38-43-31(23-56(38)47(34)63)20-33-32(27(4)36(49)22-37(33)53-43)14-11-13-19-65-25-50-44(60)28(5)52-46(62)42(26(2)3)54-45(61)29(6)51-39(57)15-10-9-12-18-55-40(58)16-17-41(55)59/h16-17,20-22,26,28-29,42,64H,7-15,18-19,23-25H2,1-6H3,(H,50,60)(H,51,57)(H,52,62)(H,54,61)/t28-,29-,42-,48+/m0/s1. The Labute approximate surface area is 382 Å². The van der Waals surface area contributed by atoms with E-state index in [1.165, 1.54) is 32.1 Å². The predicted molar refractivity (Wildman–Crippen MR) is 242 cm³/mol. The number of nitrogens with zero attached hydrogens (tertiary/aromatic N) is 3. The van der Waals surface area contributed by atoms with Crippen molar-refractivity contribution in [1.82, 2.24) is 35.7 Å². The second kappa shape index (κ2) is 20.9. The van der Waals surface area contributed by atoms with E-state index < -0.39 is 47.3 Å². The lowest BCUT2D eigenvalue weighted by Crippen LogP contribution is -2.57. The Hall–Kier alpha value is -6.27. The largest absolute Gasteiger partial charge is 0.490 e. The third-order valence-electron chi connectivity index (χ3n) is 12.6. The molecule has 0 radical (unpaired) electrons. The van der Waals surface area contributed by atoms with Gasteiger partial charge in [-0.05, 0) is 88.5 Å². The first-order valence-corrected chi connectivity index (χ1v) is 22.6. The van der Waals surface area contributed by atoms with Crippen LogP contribution in [-0.4, -0.2) is 93.0 Å². The molecule has 0 aliphatic carbocycles. The monoisotopic (exact) mass is 913 g/mol. The predicted octanol–water partition coefficient (Wildman–Crippen LogP) is 3.56. The molecule has 0 unspecified atom stereocenters. The van der Waals surface area contributed by atoms with Crippen LogP contribution in [0.4, 0.5) is 4.39 Å². The summed E-state index contributed by atoms with van der Waals surface area (Å²) in [7, 11) is 0. The zero-order chi connectivity index (χ0) is 48.0. The van der Waals surface area contributed by atoms with E-state index in [4.69, 9.17) is 14.5 Å². The van der Waals surface area contributed by atoms with E-state index >= 15 is 4.39 Å². The number of ether oxygens (including phenoxy) is 2. The van der Waals surface area contributed by atoms with Crippen LogP contribution in [0.2, 0.25) is 0 Å². The fraction of sp³-hybridized carbons (Fsp3) is 0.500. The van der Waals surface area contributed by atoms with Crippen molar-refractivity contribution in [2.75, 3.05) is 19.9 Å². The fourth-order valence-corrected chi connectivity index (χ4v) is 8.50. The van der Waals surface area contributed by atoms with E-state index in [2.05, 4.69) is 27.8 Å². The Morgan fingerprint density at radius 3 is 2.35 bits per heavy atom. The molecule has 354 valence electrons. The van der Waals surface area contributed by atoms with Gasteiger partial charge in [-0.15, -0.1) is 0 Å². The number of unbranched alkanes of at least 4 members (excludes halogenated alkanes) is 3. The maximum absolute atomic E-state index is 15.4. The molecule has 1 aromatic carbocycles. The first-order valence-electron chi connectivity index (χ1n) is 22.6. The number of aliphatic hydroxyl groups is 1. The van der Waals surface area contributed by atoms with E-state index in [0.717, 1.165) is 21.4 Å². The van der Waals surface area contributed by atoms with Gasteiger partial charge in [-0.25, -0.2) is 9.37 Å². The maximum atomic E-state index is 15.4. The second-order valence-electron chi connectivity index (χ2n) is 17.5. The summed E-state index contributed by atoms with van der Waals surface area (Å²) in [5.74, 6) is -3.25. The van der Waals surface area contributed by atoms with Gasteiger partial charge in [-0.2, -0.15) is 0 Å². The molecule has 3 aromatic rings. The molecule has 18 heteroatoms. The molecule has 0 bridgehead atoms. The van der Waals surface area contributed by atoms with Gasteiger partial charge in [0.25, 0.3) is 17.4 Å². The third kappa shape index (κ3) is 10.5. The number of benzene rings is 1. The van der Waals surface area contributed by atoms with Crippen LogP contribution in [0.25, 0.3) is 22.3 Å². The Kier molecular flexibility index (Phi) is 15.6. The number of amides is 6. The fourth-order valence-electron chi connectivity index (χ4n) is 8.50. The average Bonchev–Trinajstić information content (AvgIpc) is 3.80. The molecule has 2 aromatic heterocycles. The van der Waals surface area contributed by atoms with E-state index in [0.29, 0.717) is 78.7 Å². The van der Waals surface area contributed by atoms with Crippen LogP contribution in [0.15, 0.2) is 47.5 Å². The van der Waals surface area contributed by atoms with E-state index in [1.807, 2.05) is 6.07 Å². The van der Waals surface area contributed by atoms with Crippen molar-refractivity contribution in [3.05, 3.63) is 86.7 Å². The molecule has 17 nitrogen and oxygen atoms in total. The quantitative estimate of drug-likeness (QED) is 0.0462. The number of imide groups is 1. The first kappa shape index (κ1) is 49.2. The van der Waals surface area contributed by atoms with Crippen LogP contribution in [-0.2, 0) is 63.4 Å². The molecule has 5 heterocycles. The molecule has 0 fully saturated rings. The Morgan fingerprint density at radius 1 is 0.939 bits per heavy atom. The van der Waals surface area contributed by atoms with Gasteiger partial charge in [-0.1, -0.05) is 33.8 Å². The highest BCUT2D eigenvalue weighted by atomic mass is 19.1. The van der Waals surface area contributed by atoms with Crippen molar-refractivity contribution in [2.45, 2.75) is 130 Å². The number of halogens is 1. The number of hydrogen-bond acceptors (Lipinski definition) is 11. The number of nitrogens with one attached hydrogen (secondary N) is 4. The van der Waals surface area contributed by atoms with Crippen molar-refractivity contribution in [2.24, 2.45) is 5.92 Å². The smallest absolute Gasteiger partial charge is 0.258 e. The zero-order valence-electron chi connectivity index (χ0n) is 38.4. The topological polar surface area (TPSA) is 227 Å². The van der Waals surface area contributed by atoms with Crippen molar-refractivity contribution in [3.8, 4) is 11.4 Å². The van der Waals surface area contributed by atoms with Gasteiger partial charge in [-0.3, -0.25) is 38.5 Å². The SMILES string of the molecule is C=C1OCc2c(cc3n(c2=O)Cc2cc4c(CCCCOCNC(=O)[C@H](C)NC(=O)[C@@H](NC(=O)[C@H](C)NC(=O)CCCCCN5C(=O)C=CC5=O)C(C)C)c(C)c(F)cc4nc2-3)[C@@]1(O)CC. The summed E-state index contributed by atoms with van der Waals surface area (Å²) in [5, 5.41) is 22.8. The van der Waals surface area contributed by atoms with Crippen LogP contribution in [0.1, 0.15) is 107 Å². The molecule has 6 rings (SSSR count). The maximum Gasteiger partial charge on any atom is 0.258 e. The number of aryl methyl sites for hydroxylation is 1. The zero-order valence-corrected chi connectivity index (χ0v) is 38.4. The summed E-state index contributed by atoms with van der Waals surface area (Å²) in [6.45, 7) is 14.6. The highest BCUT2D eigenvalue weighted by Crippen LogP contribution is 2.42. The summed E-state index contributed by atoms with van der Waals surface area (Å²) in [6.07, 6.45) is 6.25. The van der Waals surface area contributed by atoms with Gasteiger partial charge in [0.1, 0.15) is 48.6 Å². The average molecular weight is 914 g/mol. The molecular formula is C48H60FN7O10. The van der Waals surface area contributed by atoms with E-state index in [-0.39, 0.29) is 74.2 Å².